The number of aryl methyl sites for hydroxylation is 2. The molecular formula is C14H18N4O3S. The van der Waals surface area contributed by atoms with E-state index in [0.717, 1.165) is 12.0 Å². The lowest BCUT2D eigenvalue weighted by Crippen LogP contribution is -2.18. The summed E-state index contributed by atoms with van der Waals surface area (Å²) in [5.74, 6) is -0.237. The predicted molar refractivity (Wildman–Crippen MR) is 82.3 cm³/mol. The van der Waals surface area contributed by atoms with E-state index < -0.39 is 10.0 Å². The fourth-order valence-corrected chi connectivity index (χ4v) is 2.99. The topological polar surface area (TPSA) is 93.9 Å². The first kappa shape index (κ1) is 16.2. The van der Waals surface area contributed by atoms with Crippen molar-refractivity contribution >= 4 is 21.6 Å². The third kappa shape index (κ3) is 3.33. The lowest BCUT2D eigenvalue weighted by Gasteiger charge is -2.10. The van der Waals surface area contributed by atoms with Gasteiger partial charge in [-0.1, -0.05) is 29.8 Å². The number of nitrogens with zero attached hydrogens (tertiary/aromatic N) is 3. The SMILES string of the molecule is CCCn1nnc(C(C)=O)c1NS(=O)(=O)c1ccc(C)cc1. The second kappa shape index (κ2) is 6.27. The van der Waals surface area contributed by atoms with Crippen molar-refractivity contribution in [3.05, 3.63) is 35.5 Å². The van der Waals surface area contributed by atoms with E-state index in [0.29, 0.717) is 6.54 Å². The Balaban J connectivity index is 2.42. The highest BCUT2D eigenvalue weighted by atomic mass is 32.2. The van der Waals surface area contributed by atoms with Crippen LogP contribution >= 0.6 is 0 Å². The molecule has 0 aliphatic rings. The van der Waals surface area contributed by atoms with Gasteiger partial charge in [-0.3, -0.25) is 9.52 Å². The molecule has 0 atom stereocenters. The Labute approximate surface area is 129 Å². The van der Waals surface area contributed by atoms with Crippen molar-refractivity contribution in [1.82, 2.24) is 15.0 Å². The summed E-state index contributed by atoms with van der Waals surface area (Å²) in [6.45, 7) is 5.58. The molecule has 0 saturated heterocycles. The quantitative estimate of drug-likeness (QED) is 0.821. The van der Waals surface area contributed by atoms with Gasteiger partial charge in [-0.15, -0.1) is 5.10 Å². The molecule has 7 nitrogen and oxygen atoms in total. The molecule has 1 heterocycles. The molecule has 8 heteroatoms. The van der Waals surface area contributed by atoms with Crippen LogP contribution in [0.25, 0.3) is 0 Å². The van der Waals surface area contributed by atoms with Crippen LogP contribution in [0.15, 0.2) is 29.2 Å². The molecule has 2 rings (SSSR count). The van der Waals surface area contributed by atoms with Crippen LogP contribution in [-0.4, -0.2) is 29.2 Å². The molecule has 1 aromatic carbocycles. The Bertz CT molecular complexity index is 779. The fraction of sp³-hybridized carbons (Fsp3) is 0.357. The van der Waals surface area contributed by atoms with Crippen molar-refractivity contribution in [2.24, 2.45) is 0 Å². The van der Waals surface area contributed by atoms with E-state index in [1.807, 2.05) is 13.8 Å². The fourth-order valence-electron chi connectivity index (χ4n) is 1.92. The van der Waals surface area contributed by atoms with Crippen LogP contribution in [0.1, 0.15) is 36.3 Å². The van der Waals surface area contributed by atoms with Crippen molar-refractivity contribution < 1.29 is 13.2 Å². The van der Waals surface area contributed by atoms with Crippen molar-refractivity contribution in [2.45, 2.75) is 38.6 Å². The smallest absolute Gasteiger partial charge is 0.263 e. The number of carbonyl (C=O) groups is 1. The van der Waals surface area contributed by atoms with Gasteiger partial charge >= 0.3 is 0 Å². The zero-order chi connectivity index (χ0) is 16.3. The highest BCUT2D eigenvalue weighted by molar-refractivity contribution is 7.92. The Hall–Kier alpha value is -2.22. The van der Waals surface area contributed by atoms with Gasteiger partial charge in [0.15, 0.2) is 17.3 Å². The van der Waals surface area contributed by atoms with E-state index in [1.165, 1.54) is 23.7 Å². The van der Waals surface area contributed by atoms with Crippen molar-refractivity contribution in [3.8, 4) is 0 Å². The summed E-state index contributed by atoms with van der Waals surface area (Å²) in [5, 5.41) is 7.60. The maximum atomic E-state index is 12.5. The number of hydrogen-bond donors (Lipinski definition) is 1. The number of hydrogen-bond acceptors (Lipinski definition) is 5. The number of ketones is 1. The van der Waals surface area contributed by atoms with Crippen molar-refractivity contribution in [2.75, 3.05) is 4.72 Å². The third-order valence-electron chi connectivity index (χ3n) is 3.07. The van der Waals surface area contributed by atoms with Crippen LogP contribution in [-0.2, 0) is 16.6 Å². The molecule has 0 aliphatic carbocycles. The van der Waals surface area contributed by atoms with Gasteiger partial charge in [0.05, 0.1) is 4.90 Å². The maximum Gasteiger partial charge on any atom is 0.263 e. The molecule has 0 radical (unpaired) electrons. The molecule has 1 aromatic heterocycles. The van der Waals surface area contributed by atoms with Gasteiger partial charge in [0.2, 0.25) is 0 Å². The number of benzene rings is 1. The minimum Gasteiger partial charge on any atom is -0.293 e. The number of carbonyl (C=O) groups excluding carboxylic acids is 1. The standard InChI is InChI=1S/C14H18N4O3S/c1-4-9-18-14(13(11(3)19)15-17-18)16-22(20,21)12-7-5-10(2)6-8-12/h5-8,16H,4,9H2,1-3H3. The second-order valence-corrected chi connectivity index (χ2v) is 6.67. The van der Waals surface area contributed by atoms with Crippen molar-refractivity contribution in [3.63, 3.8) is 0 Å². The zero-order valence-electron chi connectivity index (χ0n) is 12.7. The van der Waals surface area contributed by atoms with Gasteiger partial charge < -0.3 is 0 Å². The van der Waals surface area contributed by atoms with Crippen LogP contribution in [0.3, 0.4) is 0 Å². The molecule has 118 valence electrons. The minimum absolute atomic E-state index is 0.0177. The van der Waals surface area contributed by atoms with Gasteiger partial charge in [-0.2, -0.15) is 0 Å². The summed E-state index contributed by atoms with van der Waals surface area (Å²) in [6, 6.07) is 6.45. The predicted octanol–water partition coefficient (Wildman–Crippen LogP) is 2.00. The van der Waals surface area contributed by atoms with Gasteiger partial charge in [-0.05, 0) is 25.5 Å². The number of rotatable bonds is 6. The Morgan fingerprint density at radius 3 is 2.45 bits per heavy atom. The molecule has 0 aliphatic heterocycles. The van der Waals surface area contributed by atoms with E-state index >= 15 is 0 Å². The van der Waals surface area contributed by atoms with E-state index in [2.05, 4.69) is 15.0 Å². The van der Waals surface area contributed by atoms with Crippen LogP contribution in [0.2, 0.25) is 0 Å². The lowest BCUT2D eigenvalue weighted by atomic mass is 10.2. The first-order valence-corrected chi connectivity index (χ1v) is 8.37. The second-order valence-electron chi connectivity index (χ2n) is 4.98. The molecular weight excluding hydrogens is 304 g/mol. The average Bonchev–Trinajstić information content (AvgIpc) is 2.82. The lowest BCUT2D eigenvalue weighted by molar-refractivity contribution is 0.101. The Morgan fingerprint density at radius 2 is 1.91 bits per heavy atom. The van der Waals surface area contributed by atoms with E-state index in [4.69, 9.17) is 0 Å². The molecule has 0 amide bonds. The number of aromatic nitrogens is 3. The highest BCUT2D eigenvalue weighted by Crippen LogP contribution is 2.19. The van der Waals surface area contributed by atoms with Gasteiger partial charge in [0.1, 0.15) is 0 Å². The number of anilines is 1. The molecule has 0 unspecified atom stereocenters. The molecule has 0 saturated carbocycles. The molecule has 2 aromatic rings. The molecule has 0 spiro atoms. The first-order chi connectivity index (χ1) is 10.3. The molecule has 1 N–H and O–H groups in total. The van der Waals surface area contributed by atoms with Crippen LogP contribution in [0.4, 0.5) is 5.82 Å². The summed E-state index contributed by atoms with van der Waals surface area (Å²) in [5.41, 5.74) is 0.977. The third-order valence-corrected chi connectivity index (χ3v) is 4.42. The monoisotopic (exact) mass is 322 g/mol. The Kier molecular flexibility index (Phi) is 4.60. The Morgan fingerprint density at radius 1 is 1.27 bits per heavy atom. The van der Waals surface area contributed by atoms with Gasteiger partial charge in [0, 0.05) is 13.5 Å². The summed E-state index contributed by atoms with van der Waals surface area (Å²) in [4.78, 5) is 11.7. The zero-order valence-corrected chi connectivity index (χ0v) is 13.5. The number of Topliss-reactive ketones (excluding diaryl/α,β-unsaturated/α-hetero) is 1. The molecule has 0 bridgehead atoms. The van der Waals surface area contributed by atoms with E-state index in [9.17, 15) is 13.2 Å². The molecule has 0 fully saturated rings. The van der Waals surface area contributed by atoms with Crippen LogP contribution in [0, 0.1) is 6.92 Å². The van der Waals surface area contributed by atoms with E-state index in [-0.39, 0.29) is 22.2 Å². The van der Waals surface area contributed by atoms with Gasteiger partial charge in [0.25, 0.3) is 10.0 Å². The summed E-state index contributed by atoms with van der Waals surface area (Å²) < 4.78 is 28.7. The average molecular weight is 322 g/mol. The first-order valence-electron chi connectivity index (χ1n) is 6.89. The summed E-state index contributed by atoms with van der Waals surface area (Å²) >= 11 is 0. The molecule has 22 heavy (non-hydrogen) atoms. The van der Waals surface area contributed by atoms with Crippen LogP contribution in [0.5, 0.6) is 0 Å². The largest absolute Gasteiger partial charge is 0.293 e. The van der Waals surface area contributed by atoms with Crippen LogP contribution < -0.4 is 4.72 Å². The minimum atomic E-state index is -3.80. The number of nitrogens with one attached hydrogen (secondary N) is 1. The summed E-state index contributed by atoms with van der Waals surface area (Å²) in [6.07, 6.45) is 0.736. The van der Waals surface area contributed by atoms with Gasteiger partial charge in [-0.25, -0.2) is 13.1 Å². The van der Waals surface area contributed by atoms with Crippen molar-refractivity contribution in [1.29, 1.82) is 0 Å². The summed E-state index contributed by atoms with van der Waals surface area (Å²) in [7, 11) is -3.80. The normalized spacial score (nSPS) is 11.4. The highest BCUT2D eigenvalue weighted by Gasteiger charge is 2.22. The van der Waals surface area contributed by atoms with E-state index in [1.54, 1.807) is 12.1 Å². The number of sulfonamides is 1. The maximum absolute atomic E-state index is 12.5.